The summed E-state index contributed by atoms with van der Waals surface area (Å²) in [6.07, 6.45) is 0.498. The van der Waals surface area contributed by atoms with Crippen LogP contribution in [0.4, 0.5) is 0 Å². The minimum atomic E-state index is -0.172. The second-order valence-corrected chi connectivity index (χ2v) is 9.67. The summed E-state index contributed by atoms with van der Waals surface area (Å²) in [7, 11) is 0. The Morgan fingerprint density at radius 3 is 1.32 bits per heavy atom. The molecule has 5 aromatic carbocycles. The Morgan fingerprint density at radius 2 is 0.900 bits per heavy atom. The van der Waals surface area contributed by atoms with Gasteiger partial charge in [0.05, 0.1) is 24.3 Å². The number of amides is 2. The average molecular weight is 527 g/mol. The van der Waals surface area contributed by atoms with E-state index in [-0.39, 0.29) is 24.7 Å². The van der Waals surface area contributed by atoms with E-state index < -0.39 is 0 Å². The number of benzene rings is 5. The molecule has 0 atom stereocenters. The Kier molecular flexibility index (Phi) is 8.07. The van der Waals surface area contributed by atoms with Crippen LogP contribution in [0.2, 0.25) is 0 Å². The topological polar surface area (TPSA) is 82.9 Å². The fourth-order valence-corrected chi connectivity index (χ4v) is 4.69. The first kappa shape index (κ1) is 26.5. The number of rotatable bonds is 8. The first-order chi connectivity index (χ1) is 19.5. The van der Waals surface area contributed by atoms with Crippen LogP contribution in [0.25, 0.3) is 21.5 Å². The molecule has 6 heteroatoms. The zero-order valence-electron chi connectivity index (χ0n) is 22.5. The average Bonchev–Trinajstić information content (AvgIpc) is 2.99. The summed E-state index contributed by atoms with van der Waals surface area (Å²) in [6, 6.07) is 35.6. The van der Waals surface area contributed by atoms with Crippen LogP contribution in [0, 0.1) is 0 Å². The van der Waals surface area contributed by atoms with E-state index >= 15 is 0 Å². The van der Waals surface area contributed by atoms with Crippen LogP contribution in [-0.2, 0) is 22.4 Å². The Hall–Kier alpha value is -5.10. The van der Waals surface area contributed by atoms with E-state index in [2.05, 4.69) is 21.1 Å². The van der Waals surface area contributed by atoms with E-state index in [1.807, 2.05) is 123 Å². The molecule has 0 fully saturated rings. The molecule has 2 N–H and O–H groups in total. The number of carbonyl (C=O) groups is 2. The summed E-state index contributed by atoms with van der Waals surface area (Å²) >= 11 is 0. The van der Waals surface area contributed by atoms with Crippen molar-refractivity contribution in [1.82, 2.24) is 10.9 Å². The molecule has 40 heavy (non-hydrogen) atoms. The molecule has 0 saturated heterocycles. The molecule has 0 aliphatic carbocycles. The van der Waals surface area contributed by atoms with Crippen LogP contribution in [0.5, 0.6) is 0 Å². The van der Waals surface area contributed by atoms with E-state index in [4.69, 9.17) is 0 Å². The highest BCUT2D eigenvalue weighted by Crippen LogP contribution is 2.20. The molecule has 2 amide bonds. The maximum atomic E-state index is 12.6. The molecular weight excluding hydrogens is 496 g/mol. The van der Waals surface area contributed by atoms with Crippen molar-refractivity contribution in [3.05, 3.63) is 131 Å². The summed E-state index contributed by atoms with van der Waals surface area (Å²) in [6.45, 7) is 3.70. The maximum Gasteiger partial charge on any atom is 0.244 e. The lowest BCUT2D eigenvalue weighted by Gasteiger charge is -2.08. The van der Waals surface area contributed by atoms with Gasteiger partial charge in [-0.05, 0) is 57.6 Å². The predicted octanol–water partition coefficient (Wildman–Crippen LogP) is 6.16. The number of nitrogens with one attached hydrogen (secondary N) is 2. The molecule has 0 saturated carbocycles. The molecule has 5 aromatic rings. The number of hydrogen-bond acceptors (Lipinski definition) is 4. The molecule has 0 aliphatic rings. The van der Waals surface area contributed by atoms with Crippen molar-refractivity contribution >= 4 is 44.8 Å². The van der Waals surface area contributed by atoms with Gasteiger partial charge in [0.15, 0.2) is 0 Å². The Labute approximate surface area is 233 Å². The normalized spacial score (nSPS) is 11.9. The first-order valence-electron chi connectivity index (χ1n) is 13.2. The molecule has 0 heterocycles. The molecule has 0 bridgehead atoms. The highest BCUT2D eigenvalue weighted by molar-refractivity contribution is 6.03. The van der Waals surface area contributed by atoms with Gasteiger partial charge in [-0.1, -0.05) is 109 Å². The van der Waals surface area contributed by atoms with Gasteiger partial charge >= 0.3 is 0 Å². The van der Waals surface area contributed by atoms with Crippen LogP contribution in [0.3, 0.4) is 0 Å². The molecule has 198 valence electrons. The second kappa shape index (κ2) is 12.2. The largest absolute Gasteiger partial charge is 0.273 e. The van der Waals surface area contributed by atoms with Gasteiger partial charge in [0, 0.05) is 0 Å². The molecule has 0 aromatic heterocycles. The van der Waals surface area contributed by atoms with E-state index in [0.29, 0.717) is 11.4 Å². The zero-order valence-corrected chi connectivity index (χ0v) is 22.5. The van der Waals surface area contributed by atoms with E-state index in [0.717, 1.165) is 43.8 Å². The zero-order chi connectivity index (χ0) is 27.9. The van der Waals surface area contributed by atoms with Crippen molar-refractivity contribution < 1.29 is 9.59 Å². The third kappa shape index (κ3) is 6.30. The van der Waals surface area contributed by atoms with Gasteiger partial charge in [0.25, 0.3) is 0 Å². The van der Waals surface area contributed by atoms with Crippen molar-refractivity contribution in [2.24, 2.45) is 10.2 Å². The fraction of sp³-hybridized carbons (Fsp3) is 0.118. The molecule has 0 unspecified atom stereocenters. The van der Waals surface area contributed by atoms with Gasteiger partial charge in [0.1, 0.15) is 0 Å². The minimum Gasteiger partial charge on any atom is -0.273 e. The maximum absolute atomic E-state index is 12.6. The fourth-order valence-electron chi connectivity index (χ4n) is 4.69. The summed E-state index contributed by atoms with van der Waals surface area (Å²) in [5, 5.41) is 12.9. The summed E-state index contributed by atoms with van der Waals surface area (Å²) in [5.41, 5.74) is 10.4. The smallest absolute Gasteiger partial charge is 0.244 e. The summed E-state index contributed by atoms with van der Waals surface area (Å²) < 4.78 is 0. The molecule has 0 spiro atoms. The van der Waals surface area contributed by atoms with Gasteiger partial charge in [-0.25, -0.2) is 10.9 Å². The third-order valence-corrected chi connectivity index (χ3v) is 6.88. The Balaban J connectivity index is 1.17. The van der Waals surface area contributed by atoms with Crippen molar-refractivity contribution in [3.8, 4) is 0 Å². The first-order valence-corrected chi connectivity index (χ1v) is 13.2. The van der Waals surface area contributed by atoms with Crippen LogP contribution in [-0.4, -0.2) is 23.2 Å². The molecule has 0 aliphatic heterocycles. The van der Waals surface area contributed by atoms with Crippen LogP contribution in [0.1, 0.15) is 36.1 Å². The van der Waals surface area contributed by atoms with Gasteiger partial charge < -0.3 is 0 Å². The monoisotopic (exact) mass is 526 g/mol. The van der Waals surface area contributed by atoms with E-state index in [1.165, 1.54) is 0 Å². The van der Waals surface area contributed by atoms with Gasteiger partial charge in [-0.15, -0.1) is 0 Å². The third-order valence-electron chi connectivity index (χ3n) is 6.88. The number of nitrogens with zero attached hydrogens (tertiary/aromatic N) is 2. The highest BCUT2D eigenvalue weighted by atomic mass is 16.2. The van der Waals surface area contributed by atoms with Crippen molar-refractivity contribution in [1.29, 1.82) is 0 Å². The van der Waals surface area contributed by atoms with Gasteiger partial charge in [-0.2, -0.15) is 10.2 Å². The standard InChI is InChI=1S/C34H30N4O2/c1-23(35-37-33(39)21-29-13-7-11-27-9-3-5-15-31(27)29)25-17-19-26(20-18-25)24(2)36-38-34(40)22-30-14-8-12-28-10-4-6-16-32(28)30/h3-20H,21-22H2,1-2H3,(H,37,39)(H,38,40). The minimum absolute atomic E-state index is 0.172. The van der Waals surface area contributed by atoms with Crippen molar-refractivity contribution in [2.45, 2.75) is 26.7 Å². The SMILES string of the molecule is CC(=NNC(=O)Cc1cccc2ccccc12)c1ccc(C(C)=NNC(=O)Cc2cccc3ccccc23)cc1. The quantitative estimate of drug-likeness (QED) is 0.188. The van der Waals surface area contributed by atoms with Gasteiger partial charge in [-0.3, -0.25) is 9.59 Å². The van der Waals surface area contributed by atoms with E-state index in [9.17, 15) is 9.59 Å². The molecule has 6 nitrogen and oxygen atoms in total. The highest BCUT2D eigenvalue weighted by Gasteiger charge is 2.09. The number of fused-ring (bicyclic) bond motifs is 2. The molecule has 5 rings (SSSR count). The lowest BCUT2D eigenvalue weighted by Crippen LogP contribution is -2.21. The van der Waals surface area contributed by atoms with Crippen LogP contribution >= 0.6 is 0 Å². The lowest BCUT2D eigenvalue weighted by atomic mass is 10.0. The lowest BCUT2D eigenvalue weighted by molar-refractivity contribution is -0.121. The van der Waals surface area contributed by atoms with Crippen LogP contribution in [0.15, 0.2) is 119 Å². The molecular formula is C34H30N4O2. The Morgan fingerprint density at radius 1 is 0.525 bits per heavy atom. The van der Waals surface area contributed by atoms with Crippen molar-refractivity contribution in [2.75, 3.05) is 0 Å². The number of hydrazone groups is 2. The second-order valence-electron chi connectivity index (χ2n) is 9.67. The summed E-state index contributed by atoms with van der Waals surface area (Å²) in [5.74, 6) is -0.343. The number of carbonyl (C=O) groups excluding carboxylic acids is 2. The predicted molar refractivity (Wildman–Crippen MR) is 162 cm³/mol. The Bertz CT molecular complexity index is 1610. The molecule has 0 radical (unpaired) electrons. The summed E-state index contributed by atoms with van der Waals surface area (Å²) in [4.78, 5) is 25.1. The van der Waals surface area contributed by atoms with Crippen molar-refractivity contribution in [3.63, 3.8) is 0 Å². The van der Waals surface area contributed by atoms with Crippen LogP contribution < -0.4 is 10.9 Å². The van der Waals surface area contributed by atoms with Gasteiger partial charge in [0.2, 0.25) is 11.8 Å². The van der Waals surface area contributed by atoms with E-state index in [1.54, 1.807) is 0 Å². The number of hydrogen-bond donors (Lipinski definition) is 2.